The molecule has 1 aromatic heterocycles. The van der Waals surface area contributed by atoms with E-state index >= 15 is 0 Å². The van der Waals surface area contributed by atoms with Gasteiger partial charge in [-0.2, -0.15) is 0 Å². The quantitative estimate of drug-likeness (QED) is 0.571. The number of nitrogens with one attached hydrogen (secondary N) is 1. The minimum Gasteiger partial charge on any atom is -0.383 e. The minimum absolute atomic E-state index is 0.289. The first kappa shape index (κ1) is 15.6. The number of aliphatic hydroxyl groups is 1. The first-order chi connectivity index (χ1) is 10.5. The smallest absolute Gasteiger partial charge is 0.255 e. The summed E-state index contributed by atoms with van der Waals surface area (Å²) in [6, 6.07) is 6.93. The number of aromatic nitrogens is 1. The van der Waals surface area contributed by atoms with Crippen LogP contribution in [0.1, 0.15) is 6.42 Å². The summed E-state index contributed by atoms with van der Waals surface area (Å²) in [5.41, 5.74) is 0.699. The molecule has 1 fully saturated rings. The van der Waals surface area contributed by atoms with Crippen LogP contribution in [0.15, 0.2) is 40.7 Å². The van der Waals surface area contributed by atoms with Crippen molar-refractivity contribution in [2.24, 2.45) is 0 Å². The van der Waals surface area contributed by atoms with Crippen molar-refractivity contribution >= 4 is 46.2 Å². The average molecular weight is 357 g/mol. The van der Waals surface area contributed by atoms with Gasteiger partial charge in [-0.05, 0) is 42.4 Å². The topological polar surface area (TPSA) is 82.5 Å². The number of benzene rings is 1. The Kier molecular flexibility index (Phi) is 4.27. The van der Waals surface area contributed by atoms with E-state index in [0.717, 1.165) is 0 Å². The van der Waals surface area contributed by atoms with Gasteiger partial charge in [0.1, 0.15) is 6.10 Å². The highest BCUT2D eigenvalue weighted by molar-refractivity contribution is 8.46. The van der Waals surface area contributed by atoms with E-state index in [2.05, 4.69) is 18.1 Å². The number of nitrogens with zero attached hydrogens (tertiary/aromatic N) is 2. The predicted octanol–water partition coefficient (Wildman–Crippen LogP) is 1.43. The molecule has 9 heteroatoms. The fourth-order valence-electron chi connectivity index (χ4n) is 2.26. The number of carbonyl (C=O) groups excluding carboxylic acids is 1. The predicted molar refractivity (Wildman–Crippen MR) is 92.7 cm³/mol. The molecule has 1 saturated heterocycles. The van der Waals surface area contributed by atoms with Crippen LogP contribution in [0.5, 0.6) is 0 Å². The Morgan fingerprint density at radius 2 is 2.14 bits per heavy atom. The molecular weight excluding hydrogens is 341 g/mol. The molecule has 6 nitrogen and oxygen atoms in total. The molecule has 1 amide bonds. The zero-order chi connectivity index (χ0) is 15.7. The van der Waals surface area contributed by atoms with Gasteiger partial charge in [0.25, 0.3) is 5.91 Å². The van der Waals surface area contributed by atoms with Crippen molar-refractivity contribution in [1.29, 1.82) is 0 Å². The molecule has 1 aliphatic rings. The lowest BCUT2D eigenvalue weighted by atomic mass is 10.3. The van der Waals surface area contributed by atoms with E-state index in [1.807, 2.05) is 0 Å². The molecule has 2 heterocycles. The number of aliphatic hydroxyl groups excluding tert-OH is 1. The summed E-state index contributed by atoms with van der Waals surface area (Å²) in [6.45, 7) is 0.495. The lowest BCUT2D eigenvalue weighted by molar-refractivity contribution is -0.123. The third kappa shape index (κ3) is 3.05. The van der Waals surface area contributed by atoms with Crippen LogP contribution in [0.25, 0.3) is 0 Å². The van der Waals surface area contributed by atoms with Crippen LogP contribution in [0.2, 0.25) is 0 Å². The van der Waals surface area contributed by atoms with Gasteiger partial charge in [-0.3, -0.25) is 13.7 Å². The van der Waals surface area contributed by atoms with E-state index in [0.29, 0.717) is 28.7 Å². The SMILES string of the molecule is O=C1[C@H](O)CCN1c1ccc([SH](=O)(P)Nc2nccs2)cc1. The number of anilines is 2. The van der Waals surface area contributed by atoms with Crippen molar-refractivity contribution in [2.75, 3.05) is 16.2 Å². The van der Waals surface area contributed by atoms with Gasteiger partial charge in [0.15, 0.2) is 5.13 Å². The van der Waals surface area contributed by atoms with E-state index in [1.54, 1.807) is 35.8 Å². The van der Waals surface area contributed by atoms with E-state index in [4.69, 9.17) is 0 Å². The molecular formula is C13H16N3O3PS2. The van der Waals surface area contributed by atoms with Crippen molar-refractivity contribution in [1.82, 2.24) is 4.98 Å². The van der Waals surface area contributed by atoms with Crippen LogP contribution in [-0.4, -0.2) is 32.9 Å². The Labute approximate surface area is 135 Å². The standard InChI is InChI=1S/C13H16N3O3PS2/c17-11-5-7-16(12(11)18)9-1-3-10(4-2-9)22(19,20)15-13-14-6-8-21-13/h1-4,6,8,11,17,22H,5,7,20H2,(H,14,15,19)/t11-/m1/s1. The van der Waals surface area contributed by atoms with Crippen molar-refractivity contribution in [3.05, 3.63) is 35.8 Å². The maximum atomic E-state index is 12.7. The number of rotatable bonds is 4. The zero-order valence-corrected chi connectivity index (χ0v) is 14.4. The fourth-order valence-corrected chi connectivity index (χ4v) is 5.48. The van der Waals surface area contributed by atoms with Crippen LogP contribution < -0.4 is 9.62 Å². The van der Waals surface area contributed by atoms with Gasteiger partial charge in [-0.25, -0.2) is 4.98 Å². The van der Waals surface area contributed by atoms with Gasteiger partial charge in [0.2, 0.25) is 0 Å². The van der Waals surface area contributed by atoms with Crippen molar-refractivity contribution in [3.63, 3.8) is 0 Å². The van der Waals surface area contributed by atoms with Gasteiger partial charge >= 0.3 is 0 Å². The normalized spacial score (nSPS) is 19.5. The van der Waals surface area contributed by atoms with Crippen molar-refractivity contribution < 1.29 is 14.1 Å². The van der Waals surface area contributed by atoms with Gasteiger partial charge < -0.3 is 10.0 Å². The van der Waals surface area contributed by atoms with Crippen LogP contribution in [-0.2, 0) is 14.5 Å². The Morgan fingerprint density at radius 1 is 1.41 bits per heavy atom. The number of amides is 1. The van der Waals surface area contributed by atoms with Gasteiger partial charge in [0, 0.05) is 35.1 Å². The Balaban J connectivity index is 1.79. The van der Waals surface area contributed by atoms with E-state index in [-0.39, 0.29) is 5.91 Å². The Hall–Kier alpha value is -1.34. The van der Waals surface area contributed by atoms with Crippen LogP contribution >= 0.6 is 19.8 Å². The van der Waals surface area contributed by atoms with Crippen LogP contribution in [0.4, 0.5) is 10.8 Å². The molecule has 0 aliphatic carbocycles. The van der Waals surface area contributed by atoms with Gasteiger partial charge in [-0.15, -0.1) is 11.3 Å². The lowest BCUT2D eigenvalue weighted by Gasteiger charge is -2.22. The highest BCUT2D eigenvalue weighted by Gasteiger charge is 2.30. The summed E-state index contributed by atoms with van der Waals surface area (Å²) in [7, 11) is -0.499. The lowest BCUT2D eigenvalue weighted by Crippen LogP contribution is -2.29. The second-order valence-corrected chi connectivity index (χ2v) is 10.0. The number of thiol groups is 1. The molecule has 2 atom stereocenters. The molecule has 3 rings (SSSR count). The molecule has 2 N–H and O–H groups in total. The molecule has 0 saturated carbocycles. The number of hydrogen-bond acceptors (Lipinski definition) is 5. The molecule has 0 bridgehead atoms. The third-order valence-electron chi connectivity index (χ3n) is 3.42. The van der Waals surface area contributed by atoms with E-state index in [1.165, 1.54) is 16.2 Å². The van der Waals surface area contributed by atoms with E-state index in [9.17, 15) is 14.1 Å². The third-order valence-corrected chi connectivity index (χ3v) is 7.15. The molecule has 2 aromatic rings. The zero-order valence-electron chi connectivity index (χ0n) is 11.5. The minimum atomic E-state index is -2.85. The monoisotopic (exact) mass is 357 g/mol. The van der Waals surface area contributed by atoms with E-state index < -0.39 is 15.8 Å². The summed E-state index contributed by atoms with van der Waals surface area (Å²) in [5, 5.41) is 11.9. The number of thiazole rings is 1. The molecule has 22 heavy (non-hydrogen) atoms. The molecule has 1 aromatic carbocycles. The van der Waals surface area contributed by atoms with Crippen LogP contribution in [0, 0.1) is 0 Å². The Morgan fingerprint density at radius 3 is 2.68 bits per heavy atom. The average Bonchev–Trinajstić information content (AvgIpc) is 3.10. The molecule has 0 radical (unpaired) electrons. The fraction of sp³-hybridized carbons (Fsp3) is 0.231. The number of carbonyl (C=O) groups is 1. The first-order valence-electron chi connectivity index (χ1n) is 6.64. The molecule has 1 aliphatic heterocycles. The maximum absolute atomic E-state index is 12.7. The maximum Gasteiger partial charge on any atom is 0.255 e. The summed E-state index contributed by atoms with van der Waals surface area (Å²) in [4.78, 5) is 18.0. The van der Waals surface area contributed by atoms with Crippen molar-refractivity contribution in [3.8, 4) is 0 Å². The summed E-state index contributed by atoms with van der Waals surface area (Å²) in [6.07, 6.45) is 1.17. The van der Waals surface area contributed by atoms with Gasteiger partial charge in [-0.1, -0.05) is 0 Å². The number of hydrogen-bond donors (Lipinski definition) is 3. The molecule has 0 spiro atoms. The van der Waals surface area contributed by atoms with Gasteiger partial charge in [0.05, 0.1) is 0 Å². The second-order valence-electron chi connectivity index (χ2n) is 4.92. The molecule has 118 valence electrons. The largest absolute Gasteiger partial charge is 0.383 e. The summed E-state index contributed by atoms with van der Waals surface area (Å²) < 4.78 is 15.7. The Bertz CT molecular complexity index is 721. The summed E-state index contributed by atoms with van der Waals surface area (Å²) >= 11 is 1.38. The first-order valence-corrected chi connectivity index (χ1v) is 10.8. The second kappa shape index (κ2) is 6.04. The molecule has 1 unspecified atom stereocenters. The summed E-state index contributed by atoms with van der Waals surface area (Å²) in [5.74, 6) is -0.289. The highest BCUT2D eigenvalue weighted by atomic mass is 32.8. The highest BCUT2D eigenvalue weighted by Crippen LogP contribution is 2.31. The van der Waals surface area contributed by atoms with Crippen LogP contribution in [0.3, 0.4) is 0 Å². The van der Waals surface area contributed by atoms with Crippen molar-refractivity contribution in [2.45, 2.75) is 17.4 Å².